The monoisotopic (exact) mass is 804 g/mol. The van der Waals surface area contributed by atoms with Crippen LogP contribution in [0, 0.1) is 0 Å². The summed E-state index contributed by atoms with van der Waals surface area (Å²) in [6, 6.07) is 51.7. The van der Waals surface area contributed by atoms with Crippen molar-refractivity contribution >= 4 is 139 Å². The second kappa shape index (κ2) is 10.9. The van der Waals surface area contributed by atoms with E-state index in [1.54, 1.807) is 0 Å². The van der Waals surface area contributed by atoms with Crippen molar-refractivity contribution in [2.24, 2.45) is 0 Å². The number of para-hydroxylation sites is 1. The van der Waals surface area contributed by atoms with Gasteiger partial charge in [-0.05, 0) is 81.6 Å². The number of nitrogens with zero attached hydrogens (tertiary/aromatic N) is 2. The van der Waals surface area contributed by atoms with Gasteiger partial charge in [0.2, 0.25) is 0 Å². The van der Waals surface area contributed by atoms with Crippen LogP contribution in [-0.2, 0) is 10.8 Å². The van der Waals surface area contributed by atoms with Crippen molar-refractivity contribution in [3.63, 3.8) is 0 Å². The minimum atomic E-state index is 0.0347. The van der Waals surface area contributed by atoms with E-state index < -0.39 is 0 Å². The van der Waals surface area contributed by atoms with Gasteiger partial charge in [0, 0.05) is 83.4 Å². The number of hydrogen-bond donors (Lipinski definition) is 0. The molecular weight excluding hydrogens is 765 g/mol. The number of benzene rings is 8. The molecule has 0 unspecified atom stereocenters. The fraction of sp³-hybridized carbons (Fsp3) is 0.143. The lowest BCUT2D eigenvalue weighted by atomic mass is 9.79. The van der Waals surface area contributed by atoms with E-state index in [2.05, 4.69) is 184 Å². The third-order valence-corrected chi connectivity index (χ3v) is 16.2. The Balaban J connectivity index is 1.17. The summed E-state index contributed by atoms with van der Waals surface area (Å²) in [5.74, 6) is 0. The summed E-state index contributed by atoms with van der Waals surface area (Å²) in [4.78, 5) is 0. The molecule has 0 atom stereocenters. The van der Waals surface area contributed by atoms with Gasteiger partial charge in [-0.25, -0.2) is 0 Å². The Morgan fingerprint density at radius 2 is 0.817 bits per heavy atom. The maximum absolute atomic E-state index is 2.63. The maximum Gasteiger partial charge on any atom is 0.0635 e. The van der Waals surface area contributed by atoms with Gasteiger partial charge in [-0.2, -0.15) is 0 Å². The first-order valence-corrected chi connectivity index (χ1v) is 22.8. The van der Waals surface area contributed by atoms with Crippen LogP contribution in [0.4, 0.5) is 0 Å². The van der Waals surface area contributed by atoms with Crippen molar-refractivity contribution < 1.29 is 0 Å². The molecule has 4 heteroatoms. The molecular formula is C56H40N2S2. The molecule has 0 aliphatic rings. The van der Waals surface area contributed by atoms with Gasteiger partial charge >= 0.3 is 0 Å². The molecule has 6 heterocycles. The molecule has 0 aliphatic carbocycles. The first-order valence-electron chi connectivity index (χ1n) is 21.2. The third kappa shape index (κ3) is 4.14. The van der Waals surface area contributed by atoms with Crippen molar-refractivity contribution in [2.75, 3.05) is 0 Å². The second-order valence-corrected chi connectivity index (χ2v) is 21.5. The van der Waals surface area contributed by atoms with Gasteiger partial charge in [-0.1, -0.05) is 126 Å². The van der Waals surface area contributed by atoms with E-state index in [4.69, 9.17) is 0 Å². The van der Waals surface area contributed by atoms with Crippen LogP contribution in [0.3, 0.4) is 0 Å². The van der Waals surface area contributed by atoms with Crippen molar-refractivity contribution in [1.29, 1.82) is 0 Å². The lowest BCUT2D eigenvalue weighted by molar-refractivity contribution is 0.569. The summed E-state index contributed by atoms with van der Waals surface area (Å²) in [6.07, 6.45) is 0. The van der Waals surface area contributed by atoms with Crippen molar-refractivity contribution in [3.8, 4) is 11.1 Å². The molecule has 0 bridgehead atoms. The van der Waals surface area contributed by atoms with E-state index in [1.807, 2.05) is 22.7 Å². The zero-order valence-electron chi connectivity index (χ0n) is 34.4. The number of thiophene rings is 2. The van der Waals surface area contributed by atoms with Crippen LogP contribution in [0.1, 0.15) is 52.7 Å². The predicted molar refractivity (Wildman–Crippen MR) is 264 cm³/mol. The maximum atomic E-state index is 2.63. The van der Waals surface area contributed by atoms with Gasteiger partial charge in [0.15, 0.2) is 0 Å². The first kappa shape index (κ1) is 33.6. The van der Waals surface area contributed by atoms with Crippen molar-refractivity contribution in [2.45, 2.75) is 52.4 Å². The molecule has 0 saturated heterocycles. The summed E-state index contributed by atoms with van der Waals surface area (Å²) < 4.78 is 10.7. The molecule has 0 amide bonds. The average Bonchev–Trinajstić information content (AvgIpc) is 4.08. The smallest absolute Gasteiger partial charge is 0.0635 e. The minimum absolute atomic E-state index is 0.0347. The summed E-state index contributed by atoms with van der Waals surface area (Å²) in [7, 11) is 0. The minimum Gasteiger partial charge on any atom is -0.308 e. The summed E-state index contributed by atoms with van der Waals surface area (Å²) in [5, 5.41) is 16.1. The molecule has 0 radical (unpaired) electrons. The zero-order chi connectivity index (χ0) is 40.1. The van der Waals surface area contributed by atoms with Gasteiger partial charge < -0.3 is 8.80 Å². The second-order valence-electron chi connectivity index (χ2n) is 19.4. The molecule has 0 N–H and O–H groups in total. The topological polar surface area (TPSA) is 8.82 Å². The molecule has 8 aromatic carbocycles. The molecule has 0 aliphatic heterocycles. The number of fused-ring (bicyclic) bond motifs is 20. The molecule has 6 aromatic heterocycles. The van der Waals surface area contributed by atoms with E-state index in [-0.39, 0.29) is 10.8 Å². The van der Waals surface area contributed by atoms with Gasteiger partial charge in [0.1, 0.15) is 0 Å². The van der Waals surface area contributed by atoms with Gasteiger partial charge in [0.25, 0.3) is 0 Å². The molecule has 60 heavy (non-hydrogen) atoms. The molecule has 14 aromatic rings. The van der Waals surface area contributed by atoms with Crippen LogP contribution >= 0.6 is 22.7 Å². The fourth-order valence-electron chi connectivity index (χ4n) is 10.8. The molecule has 2 nitrogen and oxygen atoms in total. The van der Waals surface area contributed by atoms with E-state index >= 15 is 0 Å². The Morgan fingerprint density at radius 1 is 0.350 bits per heavy atom. The Labute approximate surface area is 354 Å². The molecule has 0 saturated carbocycles. The standard InChI is InChI=1S/C56H40N2S2/c1-55(2,3)31-21-30(22-32(24-31)56(4,5)6)29-19-20-36-44(23-29)58-46-28-37-39-25-41-33-13-8-11-17-47(33)59-53(41)49-35-15-7-10-16-43(35)57(51(39)49)45(37)27-38(46)40-26-42-34-14-9-12-18-48(34)60-54(42)50(36)52(40)58/h7-28H,1-6H3. The Kier molecular flexibility index (Phi) is 6.13. The van der Waals surface area contributed by atoms with E-state index in [0.29, 0.717) is 0 Å². The fourth-order valence-corrected chi connectivity index (χ4v) is 13.3. The highest BCUT2D eigenvalue weighted by molar-refractivity contribution is 7.27. The van der Waals surface area contributed by atoms with Crippen molar-refractivity contribution in [3.05, 3.63) is 145 Å². The van der Waals surface area contributed by atoms with E-state index in [0.717, 1.165) is 0 Å². The van der Waals surface area contributed by atoms with Crippen LogP contribution in [0.15, 0.2) is 133 Å². The Morgan fingerprint density at radius 3 is 1.37 bits per heavy atom. The van der Waals surface area contributed by atoms with Crippen molar-refractivity contribution in [1.82, 2.24) is 8.80 Å². The highest BCUT2D eigenvalue weighted by atomic mass is 32.1. The zero-order valence-corrected chi connectivity index (χ0v) is 36.0. The van der Waals surface area contributed by atoms with Crippen LogP contribution in [0.25, 0.3) is 128 Å². The normalized spacial score (nSPS) is 13.5. The lowest BCUT2D eigenvalue weighted by Crippen LogP contribution is -2.16. The average molecular weight is 805 g/mol. The quantitative estimate of drug-likeness (QED) is 0.156. The largest absolute Gasteiger partial charge is 0.308 e. The molecule has 286 valence electrons. The van der Waals surface area contributed by atoms with E-state index in [9.17, 15) is 0 Å². The predicted octanol–water partition coefficient (Wildman–Crippen LogP) is 17.0. The number of rotatable bonds is 1. The SMILES string of the molecule is CC(C)(C)c1cc(-c2ccc3c4c5sc6ccccc6c5cc5c6cc7c(cc6n(c3c2)c54)c2cc3c4ccccc4sc3c3c4ccccc4n7c23)cc(C(C)(C)C)c1. The van der Waals surface area contributed by atoms with Gasteiger partial charge in [-0.3, -0.25) is 0 Å². The molecule has 0 fully saturated rings. The summed E-state index contributed by atoms with van der Waals surface area (Å²) in [5.41, 5.74) is 13.2. The molecule has 0 spiro atoms. The Hall–Kier alpha value is -6.20. The Bertz CT molecular complexity index is 4160. The van der Waals surface area contributed by atoms with Crippen LogP contribution in [0.2, 0.25) is 0 Å². The third-order valence-electron chi connectivity index (χ3n) is 13.8. The van der Waals surface area contributed by atoms with E-state index in [1.165, 1.54) is 139 Å². The summed E-state index contributed by atoms with van der Waals surface area (Å²) >= 11 is 3.88. The highest BCUT2D eigenvalue weighted by Crippen LogP contribution is 2.52. The van der Waals surface area contributed by atoms with Gasteiger partial charge in [-0.15, -0.1) is 22.7 Å². The van der Waals surface area contributed by atoms with Gasteiger partial charge in [0.05, 0.1) is 33.1 Å². The summed E-state index contributed by atoms with van der Waals surface area (Å²) in [6.45, 7) is 14.0. The highest BCUT2D eigenvalue weighted by Gasteiger charge is 2.27. The first-order chi connectivity index (χ1) is 29.0. The van der Waals surface area contributed by atoms with Crippen LogP contribution in [-0.4, -0.2) is 8.80 Å². The lowest BCUT2D eigenvalue weighted by Gasteiger charge is -2.26. The number of aromatic nitrogens is 2. The number of hydrogen-bond acceptors (Lipinski definition) is 2. The van der Waals surface area contributed by atoms with Crippen LogP contribution < -0.4 is 0 Å². The molecule has 14 rings (SSSR count). The van der Waals surface area contributed by atoms with Crippen LogP contribution in [0.5, 0.6) is 0 Å².